The maximum Gasteiger partial charge on any atom is 0.325 e. The van der Waals surface area contributed by atoms with E-state index in [0.717, 1.165) is 15.8 Å². The minimum Gasteiger partial charge on any atom is -0.352 e. The Morgan fingerprint density at radius 3 is 2.74 bits per heavy atom. The average molecular weight is 382 g/mol. The van der Waals surface area contributed by atoms with Crippen LogP contribution < -0.4 is 10.6 Å². The van der Waals surface area contributed by atoms with Crippen LogP contribution in [0, 0.1) is 0 Å². The van der Waals surface area contributed by atoms with Crippen LogP contribution >= 0.6 is 15.9 Å². The van der Waals surface area contributed by atoms with E-state index in [4.69, 9.17) is 0 Å². The molecule has 0 saturated carbocycles. The second kappa shape index (κ2) is 6.70. The zero-order valence-electron chi connectivity index (χ0n) is 13.4. The van der Waals surface area contributed by atoms with Crippen LogP contribution in [0.15, 0.2) is 28.7 Å². The van der Waals surface area contributed by atoms with Crippen molar-refractivity contribution in [2.75, 3.05) is 6.54 Å². The molecule has 4 amide bonds. The van der Waals surface area contributed by atoms with Crippen molar-refractivity contribution in [3.63, 3.8) is 0 Å². The molecule has 1 aromatic rings. The van der Waals surface area contributed by atoms with Crippen LogP contribution in [0.3, 0.4) is 0 Å². The van der Waals surface area contributed by atoms with Gasteiger partial charge in [-0.05, 0) is 38.0 Å². The van der Waals surface area contributed by atoms with Crippen LogP contribution in [-0.2, 0) is 15.1 Å². The van der Waals surface area contributed by atoms with E-state index in [-0.39, 0.29) is 18.5 Å². The Balaban J connectivity index is 2.18. The number of nitrogens with one attached hydrogen (secondary N) is 2. The maximum atomic E-state index is 12.7. The van der Waals surface area contributed by atoms with Gasteiger partial charge in [0, 0.05) is 10.5 Å². The summed E-state index contributed by atoms with van der Waals surface area (Å²) in [6.45, 7) is 5.18. The van der Waals surface area contributed by atoms with Crippen LogP contribution in [0.4, 0.5) is 4.79 Å². The summed E-state index contributed by atoms with van der Waals surface area (Å²) in [7, 11) is 0. The van der Waals surface area contributed by atoms with E-state index in [1.807, 2.05) is 19.9 Å². The molecule has 1 aliphatic rings. The molecular weight excluding hydrogens is 362 g/mol. The molecule has 0 aromatic heterocycles. The van der Waals surface area contributed by atoms with Gasteiger partial charge in [-0.1, -0.05) is 35.0 Å². The predicted molar refractivity (Wildman–Crippen MR) is 89.6 cm³/mol. The molecule has 6 nitrogen and oxygen atoms in total. The van der Waals surface area contributed by atoms with Gasteiger partial charge in [-0.3, -0.25) is 14.5 Å². The fourth-order valence-electron chi connectivity index (χ4n) is 2.40. The number of amides is 4. The van der Waals surface area contributed by atoms with Crippen LogP contribution in [0.25, 0.3) is 0 Å². The van der Waals surface area contributed by atoms with Gasteiger partial charge >= 0.3 is 6.03 Å². The van der Waals surface area contributed by atoms with Crippen molar-refractivity contribution < 1.29 is 14.4 Å². The zero-order valence-corrected chi connectivity index (χ0v) is 14.9. The molecule has 0 spiro atoms. The molecule has 1 heterocycles. The number of hydrogen-bond donors (Lipinski definition) is 2. The first-order chi connectivity index (χ1) is 10.8. The Labute approximate surface area is 143 Å². The van der Waals surface area contributed by atoms with Gasteiger partial charge in [0.25, 0.3) is 5.91 Å². The lowest BCUT2D eigenvalue weighted by atomic mass is 9.92. The van der Waals surface area contributed by atoms with E-state index >= 15 is 0 Å². The fraction of sp³-hybridized carbons (Fsp3) is 0.438. The second-order valence-corrected chi connectivity index (χ2v) is 6.75. The first-order valence-electron chi connectivity index (χ1n) is 7.47. The molecule has 7 heteroatoms. The van der Waals surface area contributed by atoms with E-state index in [1.54, 1.807) is 25.1 Å². The van der Waals surface area contributed by atoms with Gasteiger partial charge in [0.1, 0.15) is 12.1 Å². The molecule has 0 unspecified atom stereocenters. The smallest absolute Gasteiger partial charge is 0.325 e. The summed E-state index contributed by atoms with van der Waals surface area (Å²) in [6.07, 6.45) is 0.779. The molecule has 23 heavy (non-hydrogen) atoms. The molecule has 1 aliphatic heterocycles. The van der Waals surface area contributed by atoms with Crippen LogP contribution in [-0.4, -0.2) is 35.3 Å². The number of rotatable bonds is 5. The number of halogens is 1. The van der Waals surface area contributed by atoms with Crippen molar-refractivity contribution in [1.29, 1.82) is 0 Å². The summed E-state index contributed by atoms with van der Waals surface area (Å²) < 4.78 is 0.811. The van der Waals surface area contributed by atoms with Crippen LogP contribution in [0.5, 0.6) is 0 Å². The van der Waals surface area contributed by atoms with Gasteiger partial charge in [0.05, 0.1) is 0 Å². The Kier molecular flexibility index (Phi) is 5.09. The standard InChI is InChI=1S/C16H20BrN3O3/c1-4-10(2)18-13(21)9-20-14(22)16(3,19-15(20)23)11-6-5-7-12(17)8-11/h5-8,10H,4,9H2,1-3H3,(H,18,21)(H,19,23)/t10-,16-/m1/s1. The van der Waals surface area contributed by atoms with Gasteiger partial charge in [-0.15, -0.1) is 0 Å². The summed E-state index contributed by atoms with van der Waals surface area (Å²) in [4.78, 5) is 37.8. The third-order valence-corrected chi connectivity index (χ3v) is 4.49. The lowest BCUT2D eigenvalue weighted by Crippen LogP contribution is -2.44. The number of urea groups is 1. The lowest BCUT2D eigenvalue weighted by molar-refractivity contribution is -0.135. The quantitative estimate of drug-likeness (QED) is 0.766. The molecule has 2 atom stereocenters. The Bertz CT molecular complexity index is 649. The molecule has 0 bridgehead atoms. The summed E-state index contributed by atoms with van der Waals surface area (Å²) in [5.41, 5.74) is -0.507. The van der Waals surface area contributed by atoms with E-state index < -0.39 is 17.5 Å². The molecule has 1 aromatic carbocycles. The monoisotopic (exact) mass is 381 g/mol. The summed E-state index contributed by atoms with van der Waals surface area (Å²) in [5, 5.41) is 5.44. The van der Waals surface area contributed by atoms with Crippen LogP contribution in [0.1, 0.15) is 32.8 Å². The average Bonchev–Trinajstić information content (AvgIpc) is 2.71. The van der Waals surface area contributed by atoms with Gasteiger partial charge in [-0.25, -0.2) is 4.79 Å². The number of benzene rings is 1. The summed E-state index contributed by atoms with van der Waals surface area (Å²) in [6, 6.07) is 6.62. The van der Waals surface area contributed by atoms with Gasteiger partial charge in [0.2, 0.25) is 5.91 Å². The van der Waals surface area contributed by atoms with Crippen molar-refractivity contribution in [1.82, 2.24) is 15.5 Å². The number of imide groups is 1. The lowest BCUT2D eigenvalue weighted by Gasteiger charge is -2.22. The van der Waals surface area contributed by atoms with Gasteiger partial charge in [-0.2, -0.15) is 0 Å². The molecule has 0 aliphatic carbocycles. The minimum absolute atomic E-state index is 0.000251. The minimum atomic E-state index is -1.17. The van der Waals surface area contributed by atoms with Gasteiger partial charge < -0.3 is 10.6 Å². The highest BCUT2D eigenvalue weighted by Gasteiger charge is 2.49. The van der Waals surface area contributed by atoms with Crippen molar-refractivity contribution >= 4 is 33.8 Å². The third kappa shape index (κ3) is 3.55. The SMILES string of the molecule is CC[C@@H](C)NC(=O)CN1C(=O)N[C@](C)(c2cccc(Br)c2)C1=O. The molecule has 124 valence electrons. The Hall–Kier alpha value is -1.89. The Morgan fingerprint density at radius 1 is 1.43 bits per heavy atom. The molecule has 1 fully saturated rings. The number of nitrogens with zero attached hydrogens (tertiary/aromatic N) is 1. The highest BCUT2D eigenvalue weighted by atomic mass is 79.9. The largest absolute Gasteiger partial charge is 0.352 e. The van der Waals surface area contributed by atoms with Crippen molar-refractivity contribution in [3.05, 3.63) is 34.3 Å². The van der Waals surface area contributed by atoms with Crippen LogP contribution in [0.2, 0.25) is 0 Å². The normalized spacial score (nSPS) is 22.0. The topological polar surface area (TPSA) is 78.5 Å². The fourth-order valence-corrected chi connectivity index (χ4v) is 2.80. The zero-order chi connectivity index (χ0) is 17.2. The number of carbonyl (C=O) groups is 3. The molecule has 2 rings (SSSR count). The third-order valence-electron chi connectivity index (χ3n) is 4.00. The van der Waals surface area contributed by atoms with Crippen molar-refractivity contribution in [2.45, 2.75) is 38.8 Å². The number of hydrogen-bond acceptors (Lipinski definition) is 3. The molecule has 2 N–H and O–H groups in total. The van der Waals surface area contributed by atoms with E-state index in [1.165, 1.54) is 0 Å². The first-order valence-corrected chi connectivity index (χ1v) is 8.26. The highest BCUT2D eigenvalue weighted by Crippen LogP contribution is 2.30. The summed E-state index contributed by atoms with van der Waals surface area (Å²) >= 11 is 3.36. The van der Waals surface area contributed by atoms with Crippen molar-refractivity contribution in [2.24, 2.45) is 0 Å². The first kappa shape index (κ1) is 17.5. The number of carbonyl (C=O) groups excluding carboxylic acids is 3. The Morgan fingerprint density at radius 2 is 2.13 bits per heavy atom. The van der Waals surface area contributed by atoms with E-state index in [2.05, 4.69) is 26.6 Å². The molecule has 0 radical (unpaired) electrons. The molecular formula is C16H20BrN3O3. The second-order valence-electron chi connectivity index (χ2n) is 5.83. The van der Waals surface area contributed by atoms with E-state index in [0.29, 0.717) is 5.56 Å². The maximum absolute atomic E-state index is 12.7. The molecule has 1 saturated heterocycles. The van der Waals surface area contributed by atoms with E-state index in [9.17, 15) is 14.4 Å². The predicted octanol–water partition coefficient (Wildman–Crippen LogP) is 2.13. The summed E-state index contributed by atoms with van der Waals surface area (Å²) in [5.74, 6) is -0.777. The highest BCUT2D eigenvalue weighted by molar-refractivity contribution is 9.10. The van der Waals surface area contributed by atoms with Gasteiger partial charge in [0.15, 0.2) is 0 Å². The van der Waals surface area contributed by atoms with Crippen molar-refractivity contribution in [3.8, 4) is 0 Å².